The number of nitrogens with zero attached hydrogens (tertiary/aromatic N) is 1. The molecule has 0 bridgehead atoms. The molecule has 3 nitrogen and oxygen atoms in total. The number of ether oxygens (including phenoxy) is 1. The third kappa shape index (κ3) is 3.80. The predicted molar refractivity (Wildman–Crippen MR) is 76.3 cm³/mol. The van der Waals surface area contributed by atoms with Crippen molar-refractivity contribution in [2.75, 3.05) is 26.8 Å². The molecule has 1 fully saturated rings. The number of rotatable bonds is 4. The molecule has 104 valence electrons. The molecule has 1 aliphatic rings. The van der Waals surface area contributed by atoms with Crippen molar-refractivity contribution in [2.45, 2.75) is 26.2 Å². The third-order valence-corrected chi connectivity index (χ3v) is 3.93. The largest absolute Gasteiger partial charge is 0.385 e. The monoisotopic (exact) mass is 261 g/mol. The highest BCUT2D eigenvalue weighted by atomic mass is 16.5. The molecule has 2 rings (SSSR count). The van der Waals surface area contributed by atoms with Crippen LogP contribution in [0.1, 0.15) is 35.2 Å². The van der Waals surface area contributed by atoms with Crippen LogP contribution < -0.4 is 0 Å². The van der Waals surface area contributed by atoms with Crippen molar-refractivity contribution < 1.29 is 9.53 Å². The van der Waals surface area contributed by atoms with Crippen LogP contribution in [0.4, 0.5) is 0 Å². The standard InChI is InChI=1S/C16H23NO2/c1-13-3-5-15(6-4-13)16(18)17-10-7-14(8-11-17)9-12-19-2/h3-6,14H,7-12H2,1-2H3. The summed E-state index contributed by atoms with van der Waals surface area (Å²) in [7, 11) is 1.75. The maximum absolute atomic E-state index is 12.3. The fraction of sp³-hybridized carbons (Fsp3) is 0.562. The lowest BCUT2D eigenvalue weighted by molar-refractivity contribution is 0.0670. The smallest absolute Gasteiger partial charge is 0.253 e. The predicted octanol–water partition coefficient (Wildman–Crippen LogP) is 2.88. The Kier molecular flexibility index (Phi) is 4.97. The van der Waals surface area contributed by atoms with Crippen LogP contribution in [-0.4, -0.2) is 37.6 Å². The van der Waals surface area contributed by atoms with Gasteiger partial charge in [0.05, 0.1) is 0 Å². The Labute approximate surface area is 115 Å². The first-order valence-electron chi connectivity index (χ1n) is 7.05. The fourth-order valence-corrected chi connectivity index (χ4v) is 2.59. The summed E-state index contributed by atoms with van der Waals surface area (Å²) in [5, 5.41) is 0. The number of piperidine rings is 1. The van der Waals surface area contributed by atoms with E-state index in [1.165, 1.54) is 5.56 Å². The van der Waals surface area contributed by atoms with Crippen molar-refractivity contribution in [1.82, 2.24) is 4.90 Å². The van der Waals surface area contributed by atoms with Crippen LogP contribution in [0.2, 0.25) is 0 Å². The number of hydrogen-bond donors (Lipinski definition) is 0. The lowest BCUT2D eigenvalue weighted by Gasteiger charge is -2.32. The molecular weight excluding hydrogens is 238 g/mol. The molecule has 0 N–H and O–H groups in total. The van der Waals surface area contributed by atoms with Gasteiger partial charge in [-0.25, -0.2) is 0 Å². The Morgan fingerprint density at radius 1 is 1.26 bits per heavy atom. The highest BCUT2D eigenvalue weighted by Gasteiger charge is 2.23. The van der Waals surface area contributed by atoms with Gasteiger partial charge in [0.1, 0.15) is 0 Å². The fourth-order valence-electron chi connectivity index (χ4n) is 2.59. The molecule has 1 aromatic carbocycles. The average molecular weight is 261 g/mol. The van der Waals surface area contributed by atoms with Gasteiger partial charge in [0.2, 0.25) is 0 Å². The minimum absolute atomic E-state index is 0.171. The Bertz CT molecular complexity index is 405. The van der Waals surface area contributed by atoms with Gasteiger partial charge >= 0.3 is 0 Å². The molecule has 3 heteroatoms. The van der Waals surface area contributed by atoms with Crippen molar-refractivity contribution in [2.24, 2.45) is 5.92 Å². The summed E-state index contributed by atoms with van der Waals surface area (Å²) in [5.41, 5.74) is 2.00. The van der Waals surface area contributed by atoms with E-state index in [0.717, 1.165) is 44.5 Å². The van der Waals surface area contributed by atoms with Crippen LogP contribution in [-0.2, 0) is 4.74 Å². The van der Waals surface area contributed by atoms with E-state index in [1.807, 2.05) is 36.1 Å². The summed E-state index contributed by atoms with van der Waals surface area (Å²) in [6, 6.07) is 7.85. The van der Waals surface area contributed by atoms with E-state index in [9.17, 15) is 4.79 Å². The first-order valence-corrected chi connectivity index (χ1v) is 7.05. The van der Waals surface area contributed by atoms with Crippen LogP contribution in [0.25, 0.3) is 0 Å². The molecule has 0 spiro atoms. The van der Waals surface area contributed by atoms with Gasteiger partial charge in [0.15, 0.2) is 0 Å². The van der Waals surface area contributed by atoms with Crippen molar-refractivity contribution in [1.29, 1.82) is 0 Å². The van der Waals surface area contributed by atoms with Crippen LogP contribution in [0.3, 0.4) is 0 Å². The first kappa shape index (κ1) is 14.1. The van der Waals surface area contributed by atoms with Gasteiger partial charge in [-0.2, -0.15) is 0 Å². The number of hydrogen-bond acceptors (Lipinski definition) is 2. The van der Waals surface area contributed by atoms with Crippen molar-refractivity contribution in [3.05, 3.63) is 35.4 Å². The molecule has 0 radical (unpaired) electrons. The van der Waals surface area contributed by atoms with E-state index in [0.29, 0.717) is 5.92 Å². The molecule has 1 heterocycles. The minimum Gasteiger partial charge on any atom is -0.385 e. The lowest BCUT2D eigenvalue weighted by Crippen LogP contribution is -2.38. The average Bonchev–Trinajstić information content (AvgIpc) is 2.46. The molecule has 1 amide bonds. The highest BCUT2D eigenvalue weighted by Crippen LogP contribution is 2.21. The molecule has 0 unspecified atom stereocenters. The van der Waals surface area contributed by atoms with E-state index < -0.39 is 0 Å². The lowest BCUT2D eigenvalue weighted by atomic mass is 9.93. The van der Waals surface area contributed by atoms with Gasteiger partial charge in [-0.05, 0) is 44.2 Å². The second kappa shape index (κ2) is 6.71. The first-order chi connectivity index (χ1) is 9.20. The summed E-state index contributed by atoms with van der Waals surface area (Å²) in [4.78, 5) is 14.3. The molecule has 0 aliphatic carbocycles. The van der Waals surface area contributed by atoms with Crippen LogP contribution in [0.15, 0.2) is 24.3 Å². The maximum Gasteiger partial charge on any atom is 0.253 e. The van der Waals surface area contributed by atoms with Crippen molar-refractivity contribution >= 4 is 5.91 Å². The molecule has 19 heavy (non-hydrogen) atoms. The summed E-state index contributed by atoms with van der Waals surface area (Å²) >= 11 is 0. The zero-order valence-electron chi connectivity index (χ0n) is 11.9. The number of benzene rings is 1. The van der Waals surface area contributed by atoms with Crippen LogP contribution in [0, 0.1) is 12.8 Å². The van der Waals surface area contributed by atoms with Gasteiger partial charge in [0.25, 0.3) is 5.91 Å². The van der Waals surface area contributed by atoms with E-state index in [2.05, 4.69) is 0 Å². The Morgan fingerprint density at radius 2 is 1.89 bits per heavy atom. The number of likely N-dealkylation sites (tertiary alicyclic amines) is 1. The van der Waals surface area contributed by atoms with E-state index in [-0.39, 0.29) is 5.91 Å². The van der Waals surface area contributed by atoms with Gasteiger partial charge in [-0.3, -0.25) is 4.79 Å². The van der Waals surface area contributed by atoms with E-state index in [1.54, 1.807) is 7.11 Å². The number of aryl methyl sites for hydroxylation is 1. The normalized spacial score (nSPS) is 16.6. The number of methoxy groups -OCH3 is 1. The summed E-state index contributed by atoms with van der Waals surface area (Å²) in [5.74, 6) is 0.882. The van der Waals surface area contributed by atoms with Gasteiger partial charge in [0, 0.05) is 32.4 Å². The zero-order chi connectivity index (χ0) is 13.7. The molecular formula is C16H23NO2. The highest BCUT2D eigenvalue weighted by molar-refractivity contribution is 5.94. The van der Waals surface area contributed by atoms with Gasteiger partial charge < -0.3 is 9.64 Å². The quantitative estimate of drug-likeness (QED) is 0.834. The number of carbonyl (C=O) groups is 1. The number of amides is 1. The van der Waals surface area contributed by atoms with Crippen molar-refractivity contribution in [3.63, 3.8) is 0 Å². The Morgan fingerprint density at radius 3 is 2.47 bits per heavy atom. The molecule has 0 saturated carbocycles. The zero-order valence-corrected chi connectivity index (χ0v) is 11.9. The van der Waals surface area contributed by atoms with Crippen LogP contribution >= 0.6 is 0 Å². The third-order valence-electron chi connectivity index (χ3n) is 3.93. The second-order valence-corrected chi connectivity index (χ2v) is 5.38. The van der Waals surface area contributed by atoms with Crippen molar-refractivity contribution in [3.8, 4) is 0 Å². The molecule has 1 aromatic rings. The van der Waals surface area contributed by atoms with Gasteiger partial charge in [-0.1, -0.05) is 17.7 Å². The molecule has 1 saturated heterocycles. The molecule has 1 aliphatic heterocycles. The summed E-state index contributed by atoms with van der Waals surface area (Å²) < 4.78 is 5.12. The number of carbonyl (C=O) groups excluding carboxylic acids is 1. The minimum atomic E-state index is 0.171. The van der Waals surface area contributed by atoms with Gasteiger partial charge in [-0.15, -0.1) is 0 Å². The Balaban J connectivity index is 1.87. The topological polar surface area (TPSA) is 29.5 Å². The Hall–Kier alpha value is -1.35. The summed E-state index contributed by atoms with van der Waals surface area (Å²) in [6.45, 7) is 4.62. The van der Waals surface area contributed by atoms with Crippen LogP contribution in [0.5, 0.6) is 0 Å². The maximum atomic E-state index is 12.3. The van der Waals surface area contributed by atoms with E-state index >= 15 is 0 Å². The SMILES string of the molecule is COCCC1CCN(C(=O)c2ccc(C)cc2)CC1. The second-order valence-electron chi connectivity index (χ2n) is 5.38. The summed E-state index contributed by atoms with van der Waals surface area (Å²) in [6.07, 6.45) is 3.31. The molecule has 0 aromatic heterocycles. The molecule has 0 atom stereocenters. The van der Waals surface area contributed by atoms with E-state index in [4.69, 9.17) is 4.74 Å².